The van der Waals surface area contributed by atoms with Gasteiger partial charge in [-0.1, -0.05) is 23.8 Å². The third-order valence-corrected chi connectivity index (χ3v) is 5.01. The lowest BCUT2D eigenvalue weighted by Crippen LogP contribution is -2.39. The van der Waals surface area contributed by atoms with Crippen LogP contribution in [0.5, 0.6) is 17.5 Å². The van der Waals surface area contributed by atoms with E-state index in [1.165, 1.54) is 12.1 Å². The number of hydrogen-bond donors (Lipinski definition) is 3. The van der Waals surface area contributed by atoms with Gasteiger partial charge in [-0.2, -0.15) is 18.3 Å². The first kappa shape index (κ1) is 22.2. The third-order valence-electron chi connectivity index (χ3n) is 5.01. The topological polar surface area (TPSA) is 103 Å². The third kappa shape index (κ3) is 5.82. The molecule has 0 unspecified atom stereocenters. The van der Waals surface area contributed by atoms with E-state index in [0.717, 1.165) is 23.4 Å². The van der Waals surface area contributed by atoms with Gasteiger partial charge in [-0.25, -0.2) is 14.9 Å². The van der Waals surface area contributed by atoms with Gasteiger partial charge in [0.05, 0.1) is 5.56 Å². The Hall–Kier alpha value is -4.02. The monoisotopic (exact) mass is 459 g/mol. The van der Waals surface area contributed by atoms with Crippen molar-refractivity contribution >= 4 is 17.9 Å². The molecule has 1 aliphatic rings. The van der Waals surface area contributed by atoms with E-state index in [4.69, 9.17) is 4.74 Å². The SMILES string of the molecule is O=C(Nc1cc(O)[nH]n1)N1CCC(=Cc2cccc(Oc3ccc(C(F)(F)F)cn3)c2)CC1. The van der Waals surface area contributed by atoms with Gasteiger partial charge in [0, 0.05) is 31.4 Å². The maximum absolute atomic E-state index is 12.7. The number of anilines is 1. The fourth-order valence-electron chi connectivity index (χ4n) is 3.34. The second kappa shape index (κ2) is 9.23. The molecule has 0 radical (unpaired) electrons. The van der Waals surface area contributed by atoms with Crippen LogP contribution in [-0.4, -0.2) is 44.3 Å². The van der Waals surface area contributed by atoms with E-state index in [0.29, 0.717) is 31.7 Å². The summed E-state index contributed by atoms with van der Waals surface area (Å²) in [7, 11) is 0. The summed E-state index contributed by atoms with van der Waals surface area (Å²) in [4.78, 5) is 17.7. The molecule has 3 aromatic rings. The van der Waals surface area contributed by atoms with E-state index in [9.17, 15) is 23.1 Å². The number of alkyl halides is 3. The van der Waals surface area contributed by atoms with Crippen LogP contribution in [0.4, 0.5) is 23.8 Å². The molecule has 4 rings (SSSR count). The zero-order chi connectivity index (χ0) is 23.4. The summed E-state index contributed by atoms with van der Waals surface area (Å²) >= 11 is 0. The van der Waals surface area contributed by atoms with Crippen molar-refractivity contribution in [1.29, 1.82) is 0 Å². The van der Waals surface area contributed by atoms with E-state index in [-0.39, 0.29) is 23.6 Å². The molecule has 0 atom stereocenters. The van der Waals surface area contributed by atoms with Gasteiger partial charge in [0.1, 0.15) is 5.75 Å². The van der Waals surface area contributed by atoms with Gasteiger partial charge in [0.2, 0.25) is 11.8 Å². The van der Waals surface area contributed by atoms with Crippen LogP contribution in [0.1, 0.15) is 24.0 Å². The lowest BCUT2D eigenvalue weighted by Gasteiger charge is -2.28. The first-order valence-electron chi connectivity index (χ1n) is 10.1. The molecule has 0 saturated carbocycles. The van der Waals surface area contributed by atoms with Gasteiger partial charge in [0.15, 0.2) is 5.82 Å². The van der Waals surface area contributed by atoms with Crippen LogP contribution in [0.3, 0.4) is 0 Å². The molecule has 1 saturated heterocycles. The second-order valence-electron chi connectivity index (χ2n) is 7.42. The molecule has 2 amide bonds. The Morgan fingerprint density at radius 1 is 1.18 bits per heavy atom. The fraction of sp³-hybridized carbons (Fsp3) is 0.227. The molecule has 1 aromatic carbocycles. The first-order valence-corrected chi connectivity index (χ1v) is 10.1. The molecule has 3 heterocycles. The number of hydrogen-bond acceptors (Lipinski definition) is 5. The molecule has 8 nitrogen and oxygen atoms in total. The quantitative estimate of drug-likeness (QED) is 0.508. The number of amides is 2. The fourth-order valence-corrected chi connectivity index (χ4v) is 3.34. The molecular weight excluding hydrogens is 439 g/mol. The van der Waals surface area contributed by atoms with Crippen molar-refractivity contribution in [1.82, 2.24) is 20.1 Å². The van der Waals surface area contributed by atoms with Crippen molar-refractivity contribution in [3.63, 3.8) is 0 Å². The van der Waals surface area contributed by atoms with Crippen molar-refractivity contribution < 1.29 is 27.8 Å². The Balaban J connectivity index is 1.34. The number of piperidine rings is 1. The highest BCUT2D eigenvalue weighted by molar-refractivity contribution is 5.88. The number of aromatic hydroxyl groups is 1. The summed E-state index contributed by atoms with van der Waals surface area (Å²) in [5, 5.41) is 18.0. The van der Waals surface area contributed by atoms with E-state index >= 15 is 0 Å². The highest BCUT2D eigenvalue weighted by Crippen LogP contribution is 2.30. The van der Waals surface area contributed by atoms with E-state index in [1.807, 2.05) is 12.1 Å². The van der Waals surface area contributed by atoms with Crippen LogP contribution in [-0.2, 0) is 6.18 Å². The number of carbonyl (C=O) groups is 1. The predicted molar refractivity (Wildman–Crippen MR) is 114 cm³/mol. The van der Waals surface area contributed by atoms with Crippen LogP contribution in [0.25, 0.3) is 6.08 Å². The molecule has 172 valence electrons. The van der Waals surface area contributed by atoms with Gasteiger partial charge in [0.25, 0.3) is 0 Å². The standard InChI is InChI=1S/C22H20F3N5O3/c23-22(24,25)16-4-5-20(26-13-16)33-17-3-1-2-15(11-17)10-14-6-8-30(9-7-14)21(32)27-18-12-19(31)29-28-18/h1-5,10-13H,6-9H2,(H3,27,28,29,31,32). The largest absolute Gasteiger partial charge is 0.494 e. The summed E-state index contributed by atoms with van der Waals surface area (Å²) in [5.41, 5.74) is 1.19. The minimum Gasteiger partial charge on any atom is -0.494 e. The number of nitrogens with one attached hydrogen (secondary N) is 2. The minimum absolute atomic E-state index is 0.0670. The Morgan fingerprint density at radius 3 is 2.61 bits per heavy atom. The number of halogens is 3. The first-order chi connectivity index (χ1) is 15.8. The van der Waals surface area contributed by atoms with Gasteiger partial charge in [-0.05, 0) is 36.6 Å². The number of pyridine rings is 1. The smallest absolute Gasteiger partial charge is 0.417 e. The molecule has 0 spiro atoms. The lowest BCUT2D eigenvalue weighted by molar-refractivity contribution is -0.137. The van der Waals surface area contributed by atoms with E-state index in [1.54, 1.807) is 23.1 Å². The number of ether oxygens (including phenoxy) is 1. The number of urea groups is 1. The van der Waals surface area contributed by atoms with Crippen molar-refractivity contribution in [2.24, 2.45) is 0 Å². The summed E-state index contributed by atoms with van der Waals surface area (Å²) in [5.74, 6) is 0.640. The average molecular weight is 459 g/mol. The van der Waals surface area contributed by atoms with Crippen molar-refractivity contribution in [2.75, 3.05) is 18.4 Å². The number of likely N-dealkylation sites (tertiary alicyclic amines) is 1. The molecule has 1 fully saturated rings. The van der Waals surface area contributed by atoms with Crippen LogP contribution in [0.15, 0.2) is 54.2 Å². The van der Waals surface area contributed by atoms with Crippen LogP contribution >= 0.6 is 0 Å². The highest BCUT2D eigenvalue weighted by Gasteiger charge is 2.30. The molecule has 0 aliphatic carbocycles. The number of aromatic nitrogens is 3. The summed E-state index contributed by atoms with van der Waals surface area (Å²) in [6.07, 6.45) is -0.334. The Kier molecular flexibility index (Phi) is 6.20. The van der Waals surface area contributed by atoms with Crippen LogP contribution < -0.4 is 10.1 Å². The second-order valence-corrected chi connectivity index (χ2v) is 7.42. The van der Waals surface area contributed by atoms with Crippen LogP contribution in [0, 0.1) is 0 Å². The summed E-state index contributed by atoms with van der Waals surface area (Å²) in [6, 6.07) is 10.3. The zero-order valence-corrected chi connectivity index (χ0v) is 17.3. The number of carbonyl (C=O) groups excluding carboxylic acids is 1. The Bertz CT molecular complexity index is 1150. The van der Waals surface area contributed by atoms with Gasteiger partial charge < -0.3 is 14.7 Å². The minimum atomic E-state index is -4.45. The van der Waals surface area contributed by atoms with E-state index < -0.39 is 11.7 Å². The molecule has 2 aromatic heterocycles. The normalized spacial score (nSPS) is 14.2. The predicted octanol–water partition coefficient (Wildman–Crippen LogP) is 5.03. The molecule has 0 bridgehead atoms. The highest BCUT2D eigenvalue weighted by atomic mass is 19.4. The molecule has 3 N–H and O–H groups in total. The van der Waals surface area contributed by atoms with Gasteiger partial charge in [-0.15, -0.1) is 0 Å². The lowest BCUT2D eigenvalue weighted by atomic mass is 10.0. The van der Waals surface area contributed by atoms with Gasteiger partial charge >= 0.3 is 12.2 Å². The van der Waals surface area contributed by atoms with Crippen LogP contribution in [0.2, 0.25) is 0 Å². The zero-order valence-electron chi connectivity index (χ0n) is 17.3. The van der Waals surface area contributed by atoms with Crippen molar-refractivity contribution in [2.45, 2.75) is 19.0 Å². The number of rotatable bonds is 4. The van der Waals surface area contributed by atoms with Gasteiger partial charge in [-0.3, -0.25) is 5.32 Å². The molecule has 11 heteroatoms. The number of aromatic amines is 1. The Morgan fingerprint density at radius 2 is 1.97 bits per heavy atom. The van der Waals surface area contributed by atoms with Crippen molar-refractivity contribution in [3.8, 4) is 17.5 Å². The maximum Gasteiger partial charge on any atom is 0.417 e. The number of H-pyrrole nitrogens is 1. The molecular formula is C22H20F3N5O3. The molecule has 1 aliphatic heterocycles. The van der Waals surface area contributed by atoms with E-state index in [2.05, 4.69) is 20.5 Å². The average Bonchev–Trinajstić information content (AvgIpc) is 3.19. The summed E-state index contributed by atoms with van der Waals surface area (Å²) in [6.45, 7) is 1.06. The number of benzene rings is 1. The number of nitrogens with zero attached hydrogens (tertiary/aromatic N) is 3. The Labute approximate surface area is 186 Å². The summed E-state index contributed by atoms with van der Waals surface area (Å²) < 4.78 is 43.6. The van der Waals surface area contributed by atoms with Crippen molar-refractivity contribution in [3.05, 3.63) is 65.4 Å². The maximum atomic E-state index is 12.7. The molecule has 33 heavy (non-hydrogen) atoms.